The van der Waals surface area contributed by atoms with Gasteiger partial charge in [0.25, 0.3) is 5.91 Å². The van der Waals surface area contributed by atoms with E-state index in [9.17, 15) is 9.59 Å². The number of rotatable bonds is 5. The highest BCUT2D eigenvalue weighted by atomic mass is 127. The van der Waals surface area contributed by atoms with Crippen LogP contribution in [0.3, 0.4) is 0 Å². The molecule has 0 aliphatic rings. The number of carboxylic acids is 1. The third-order valence-corrected chi connectivity index (χ3v) is 3.89. The van der Waals surface area contributed by atoms with Crippen LogP contribution in [0, 0.1) is 9.49 Å². The van der Waals surface area contributed by atoms with Crippen LogP contribution < -0.4 is 5.32 Å². The molecule has 1 atom stereocenters. The van der Waals surface area contributed by atoms with Gasteiger partial charge in [-0.15, -0.1) is 0 Å². The van der Waals surface area contributed by atoms with Gasteiger partial charge in [-0.25, -0.2) is 0 Å². The fraction of sp³-hybridized carbons (Fsp3) is 0.333. The Balaban J connectivity index is 2.71. The van der Waals surface area contributed by atoms with Crippen LogP contribution in [-0.4, -0.2) is 23.5 Å². The van der Waals surface area contributed by atoms with Gasteiger partial charge in [-0.1, -0.05) is 6.92 Å². The average molecular weight is 426 g/mol. The summed E-state index contributed by atoms with van der Waals surface area (Å²) in [7, 11) is 0. The number of hydrogen-bond acceptors (Lipinski definition) is 2. The second-order valence-corrected chi connectivity index (χ2v) is 5.88. The maximum atomic E-state index is 11.9. The summed E-state index contributed by atoms with van der Waals surface area (Å²) in [6, 6.07) is 5.43. The van der Waals surface area contributed by atoms with Crippen molar-refractivity contribution in [2.45, 2.75) is 13.3 Å². The predicted molar refractivity (Wildman–Crippen MR) is 80.6 cm³/mol. The van der Waals surface area contributed by atoms with Crippen LogP contribution >= 0.6 is 38.5 Å². The average Bonchev–Trinajstić information content (AvgIpc) is 2.32. The molecule has 1 aromatic rings. The number of benzene rings is 1. The number of nitrogens with one attached hydrogen (secondary N) is 1. The second kappa shape index (κ2) is 7.08. The van der Waals surface area contributed by atoms with Crippen LogP contribution in [0.15, 0.2) is 22.7 Å². The van der Waals surface area contributed by atoms with E-state index in [-0.39, 0.29) is 12.5 Å². The lowest BCUT2D eigenvalue weighted by atomic mass is 10.1. The summed E-state index contributed by atoms with van der Waals surface area (Å²) >= 11 is 5.42. The first-order chi connectivity index (χ1) is 8.45. The Hall–Kier alpha value is -0.630. The van der Waals surface area contributed by atoms with Gasteiger partial charge in [0.2, 0.25) is 0 Å². The van der Waals surface area contributed by atoms with E-state index < -0.39 is 11.9 Å². The monoisotopic (exact) mass is 425 g/mol. The zero-order valence-corrected chi connectivity index (χ0v) is 13.5. The third-order valence-electron chi connectivity index (χ3n) is 2.52. The van der Waals surface area contributed by atoms with Gasteiger partial charge in [0, 0.05) is 14.6 Å². The molecule has 98 valence electrons. The second-order valence-electron chi connectivity index (χ2n) is 3.78. The van der Waals surface area contributed by atoms with E-state index in [4.69, 9.17) is 5.11 Å². The number of carbonyl (C=O) groups excluding carboxylic acids is 1. The molecule has 1 amide bonds. The Morgan fingerprint density at radius 1 is 1.50 bits per heavy atom. The summed E-state index contributed by atoms with van der Waals surface area (Å²) in [4.78, 5) is 22.8. The van der Waals surface area contributed by atoms with E-state index in [1.165, 1.54) is 0 Å². The molecule has 1 rings (SSSR count). The lowest BCUT2D eigenvalue weighted by Gasteiger charge is -2.12. The van der Waals surface area contributed by atoms with E-state index in [1.54, 1.807) is 19.1 Å². The first-order valence-electron chi connectivity index (χ1n) is 5.41. The SMILES string of the molecule is CCC(CNC(=O)c1cc(I)ccc1Br)C(=O)O. The molecule has 0 fully saturated rings. The van der Waals surface area contributed by atoms with Crippen molar-refractivity contribution >= 4 is 50.4 Å². The molecule has 1 aromatic carbocycles. The molecule has 18 heavy (non-hydrogen) atoms. The highest BCUT2D eigenvalue weighted by Gasteiger charge is 2.17. The Labute approximate surface area is 127 Å². The molecular formula is C12H13BrINO3. The fourth-order valence-corrected chi connectivity index (χ4v) is 2.31. The van der Waals surface area contributed by atoms with Crippen LogP contribution in [0.4, 0.5) is 0 Å². The zero-order chi connectivity index (χ0) is 13.7. The molecule has 0 spiro atoms. The molecular weight excluding hydrogens is 413 g/mol. The first kappa shape index (κ1) is 15.4. The lowest BCUT2D eigenvalue weighted by Crippen LogP contribution is -2.32. The molecule has 1 unspecified atom stereocenters. The van der Waals surface area contributed by atoms with Crippen molar-refractivity contribution in [2.75, 3.05) is 6.54 Å². The van der Waals surface area contributed by atoms with E-state index in [1.807, 2.05) is 6.07 Å². The molecule has 0 bridgehead atoms. The minimum Gasteiger partial charge on any atom is -0.481 e. The van der Waals surface area contributed by atoms with E-state index in [0.29, 0.717) is 16.5 Å². The summed E-state index contributed by atoms with van der Waals surface area (Å²) in [5.74, 6) is -1.70. The van der Waals surface area contributed by atoms with E-state index >= 15 is 0 Å². The molecule has 0 saturated heterocycles. The molecule has 0 aliphatic heterocycles. The molecule has 0 radical (unpaired) electrons. The number of amides is 1. The fourth-order valence-electron chi connectivity index (χ4n) is 1.39. The van der Waals surface area contributed by atoms with Gasteiger partial charge >= 0.3 is 5.97 Å². The van der Waals surface area contributed by atoms with Gasteiger partial charge in [-0.3, -0.25) is 9.59 Å². The van der Waals surface area contributed by atoms with Gasteiger partial charge in [0.05, 0.1) is 11.5 Å². The van der Waals surface area contributed by atoms with Crippen LogP contribution in [0.5, 0.6) is 0 Å². The van der Waals surface area contributed by atoms with Crippen molar-refractivity contribution < 1.29 is 14.7 Å². The number of hydrogen-bond donors (Lipinski definition) is 2. The summed E-state index contributed by atoms with van der Waals surface area (Å²) in [6.07, 6.45) is 0.489. The largest absolute Gasteiger partial charge is 0.481 e. The van der Waals surface area contributed by atoms with Gasteiger partial charge in [-0.2, -0.15) is 0 Å². The number of carboxylic acid groups (broad SMARTS) is 1. The molecule has 0 saturated carbocycles. The Morgan fingerprint density at radius 3 is 2.72 bits per heavy atom. The van der Waals surface area contributed by atoms with Crippen LogP contribution in [0.2, 0.25) is 0 Å². The van der Waals surface area contributed by atoms with E-state index in [2.05, 4.69) is 43.8 Å². The molecule has 0 aromatic heterocycles. The standard InChI is InChI=1S/C12H13BrINO3/c1-2-7(12(17)18)6-15-11(16)9-5-8(14)3-4-10(9)13/h3-5,7H,2,6H2,1H3,(H,15,16)(H,17,18). The molecule has 4 nitrogen and oxygen atoms in total. The van der Waals surface area contributed by atoms with Gasteiger partial charge in [0.15, 0.2) is 0 Å². The van der Waals surface area contributed by atoms with Gasteiger partial charge in [0.1, 0.15) is 0 Å². The Morgan fingerprint density at radius 2 is 2.17 bits per heavy atom. The topological polar surface area (TPSA) is 66.4 Å². The van der Waals surface area contributed by atoms with Crippen LogP contribution in [0.1, 0.15) is 23.7 Å². The smallest absolute Gasteiger partial charge is 0.308 e. The van der Waals surface area contributed by atoms with Crippen LogP contribution in [-0.2, 0) is 4.79 Å². The highest BCUT2D eigenvalue weighted by molar-refractivity contribution is 14.1. The van der Waals surface area contributed by atoms with Crippen molar-refractivity contribution in [1.82, 2.24) is 5.32 Å². The Kier molecular flexibility index (Phi) is 6.07. The predicted octanol–water partition coefficient (Wildman–Crippen LogP) is 2.89. The lowest BCUT2D eigenvalue weighted by molar-refractivity contribution is -0.141. The maximum absolute atomic E-state index is 11.9. The number of halogens is 2. The number of carbonyl (C=O) groups is 2. The van der Waals surface area contributed by atoms with Crippen molar-refractivity contribution in [1.29, 1.82) is 0 Å². The molecule has 2 N–H and O–H groups in total. The minimum atomic E-state index is -0.889. The highest BCUT2D eigenvalue weighted by Crippen LogP contribution is 2.19. The van der Waals surface area contributed by atoms with Gasteiger partial charge < -0.3 is 10.4 Å². The Bertz CT molecular complexity index is 465. The first-order valence-corrected chi connectivity index (χ1v) is 7.29. The number of aliphatic carboxylic acids is 1. The zero-order valence-electron chi connectivity index (χ0n) is 9.74. The summed E-state index contributed by atoms with van der Waals surface area (Å²) in [5.41, 5.74) is 0.516. The van der Waals surface area contributed by atoms with Crippen molar-refractivity contribution in [2.24, 2.45) is 5.92 Å². The molecule has 0 heterocycles. The van der Waals surface area contributed by atoms with Crippen LogP contribution in [0.25, 0.3) is 0 Å². The summed E-state index contributed by atoms with van der Waals surface area (Å²) < 4.78 is 1.65. The quantitative estimate of drug-likeness (QED) is 0.713. The van der Waals surface area contributed by atoms with Crippen molar-refractivity contribution in [3.8, 4) is 0 Å². The van der Waals surface area contributed by atoms with Crippen molar-refractivity contribution in [3.63, 3.8) is 0 Å². The summed E-state index contributed by atoms with van der Waals surface area (Å²) in [5, 5.41) is 11.5. The molecule has 0 aliphatic carbocycles. The van der Waals surface area contributed by atoms with Gasteiger partial charge in [-0.05, 0) is 63.1 Å². The normalized spacial score (nSPS) is 11.9. The van der Waals surface area contributed by atoms with E-state index in [0.717, 1.165) is 3.57 Å². The summed E-state index contributed by atoms with van der Waals surface area (Å²) in [6.45, 7) is 1.93. The third kappa shape index (κ3) is 4.24. The maximum Gasteiger partial charge on any atom is 0.308 e. The van der Waals surface area contributed by atoms with Crippen molar-refractivity contribution in [3.05, 3.63) is 31.8 Å². The molecule has 6 heteroatoms. The minimum absolute atomic E-state index is 0.141.